The third-order valence-corrected chi connectivity index (χ3v) is 6.11. The molecule has 0 radical (unpaired) electrons. The molecule has 0 amide bonds. The van der Waals surface area contributed by atoms with E-state index in [9.17, 15) is 4.79 Å². The molecule has 0 spiro atoms. The van der Waals surface area contributed by atoms with Crippen LogP contribution in [0, 0.1) is 0 Å². The average molecular weight is 411 g/mol. The highest BCUT2D eigenvalue weighted by Gasteiger charge is 2.09. The number of hydrogen-bond donors (Lipinski definition) is 1. The number of hydrogen-bond acceptors (Lipinski definition) is 8. The van der Waals surface area contributed by atoms with Crippen LogP contribution in [0.5, 0.6) is 0 Å². The molecule has 7 nitrogen and oxygen atoms in total. The minimum absolute atomic E-state index is 0.161. The Hall–Kier alpha value is -2.78. The van der Waals surface area contributed by atoms with Gasteiger partial charge in [0.05, 0.1) is 11.3 Å². The summed E-state index contributed by atoms with van der Waals surface area (Å²) in [5.41, 5.74) is 2.69. The molecule has 0 aliphatic carbocycles. The fraction of sp³-hybridized carbons (Fsp3) is 0.211. The van der Waals surface area contributed by atoms with Crippen molar-refractivity contribution in [2.24, 2.45) is 0 Å². The molecule has 0 fully saturated rings. The minimum Gasteiger partial charge on any atom is -0.330 e. The van der Waals surface area contributed by atoms with Crippen molar-refractivity contribution in [2.75, 3.05) is 5.32 Å². The van der Waals surface area contributed by atoms with Crippen molar-refractivity contribution in [1.82, 2.24) is 25.2 Å². The lowest BCUT2D eigenvalue weighted by molar-refractivity contribution is 0.644. The molecule has 0 atom stereocenters. The van der Waals surface area contributed by atoms with Gasteiger partial charge in [0.2, 0.25) is 5.13 Å². The summed E-state index contributed by atoms with van der Waals surface area (Å²) in [7, 11) is 0. The van der Waals surface area contributed by atoms with E-state index in [1.165, 1.54) is 33.3 Å². The van der Waals surface area contributed by atoms with Gasteiger partial charge in [0.1, 0.15) is 5.52 Å². The van der Waals surface area contributed by atoms with Crippen molar-refractivity contribution >= 4 is 44.8 Å². The summed E-state index contributed by atoms with van der Waals surface area (Å²) in [4.78, 5) is 12.5. The first kappa shape index (κ1) is 18.6. The predicted octanol–water partition coefficient (Wildman–Crippen LogP) is 4.26. The van der Waals surface area contributed by atoms with Gasteiger partial charge in [0.15, 0.2) is 4.34 Å². The first-order valence-corrected chi connectivity index (χ1v) is 10.6. The van der Waals surface area contributed by atoms with Crippen LogP contribution < -0.4 is 10.9 Å². The standard InChI is InChI=1S/C19H18N6OS2/c1-12(2)13-7-9-14(10-8-13)20-18-22-23-19(28-18)27-11-25-17(26)15-5-3-4-6-16(15)21-24-25/h3-10,12H,11H2,1-2H3,(H,20,22). The van der Waals surface area contributed by atoms with Gasteiger partial charge in [-0.05, 0) is 35.7 Å². The first-order chi connectivity index (χ1) is 13.6. The monoisotopic (exact) mass is 410 g/mol. The number of anilines is 2. The predicted molar refractivity (Wildman–Crippen MR) is 113 cm³/mol. The van der Waals surface area contributed by atoms with Gasteiger partial charge in [0.25, 0.3) is 5.56 Å². The number of benzene rings is 2. The Labute approximate surface area is 169 Å². The molecule has 0 aliphatic heterocycles. The maximum Gasteiger partial charge on any atom is 0.278 e. The van der Waals surface area contributed by atoms with Crippen molar-refractivity contribution < 1.29 is 0 Å². The van der Waals surface area contributed by atoms with Gasteiger partial charge >= 0.3 is 0 Å². The molecule has 0 unspecified atom stereocenters. The van der Waals surface area contributed by atoms with Crippen LogP contribution in [-0.2, 0) is 5.88 Å². The fourth-order valence-electron chi connectivity index (χ4n) is 2.62. The molecule has 2 heterocycles. The second-order valence-electron chi connectivity index (χ2n) is 6.46. The normalized spacial score (nSPS) is 11.2. The molecule has 142 valence electrons. The lowest BCUT2D eigenvalue weighted by Gasteiger charge is -2.06. The van der Waals surface area contributed by atoms with Crippen LogP contribution in [0.15, 0.2) is 57.7 Å². The van der Waals surface area contributed by atoms with Crippen molar-refractivity contribution in [3.8, 4) is 0 Å². The van der Waals surface area contributed by atoms with E-state index in [-0.39, 0.29) is 5.56 Å². The zero-order chi connectivity index (χ0) is 19.5. The molecule has 2 aromatic carbocycles. The molecular weight excluding hydrogens is 392 g/mol. The number of nitrogens with zero attached hydrogens (tertiary/aromatic N) is 5. The lowest BCUT2D eigenvalue weighted by Crippen LogP contribution is -2.23. The van der Waals surface area contributed by atoms with Gasteiger partial charge in [-0.25, -0.2) is 0 Å². The molecule has 0 bridgehead atoms. The Morgan fingerprint density at radius 1 is 1.07 bits per heavy atom. The van der Waals surface area contributed by atoms with E-state index >= 15 is 0 Å². The second-order valence-corrected chi connectivity index (χ2v) is 8.63. The highest BCUT2D eigenvalue weighted by atomic mass is 32.2. The molecule has 0 aliphatic rings. The van der Waals surface area contributed by atoms with E-state index in [1.807, 2.05) is 24.3 Å². The van der Waals surface area contributed by atoms with Crippen molar-refractivity contribution in [1.29, 1.82) is 0 Å². The Bertz CT molecular complexity index is 1150. The SMILES string of the molecule is CC(C)c1ccc(Nc2nnc(SCn3nnc4ccccc4c3=O)s2)cc1. The lowest BCUT2D eigenvalue weighted by atomic mass is 10.0. The fourth-order valence-corrected chi connectivity index (χ4v) is 4.25. The van der Waals surface area contributed by atoms with Gasteiger partial charge in [0, 0.05) is 5.69 Å². The van der Waals surface area contributed by atoms with Crippen molar-refractivity contribution in [2.45, 2.75) is 30.0 Å². The van der Waals surface area contributed by atoms with Crippen molar-refractivity contribution in [3.05, 3.63) is 64.4 Å². The van der Waals surface area contributed by atoms with Gasteiger partial charge in [-0.2, -0.15) is 4.68 Å². The number of rotatable bonds is 6. The molecule has 0 saturated heterocycles. The molecule has 0 saturated carbocycles. The summed E-state index contributed by atoms with van der Waals surface area (Å²) < 4.78 is 2.09. The van der Waals surface area contributed by atoms with E-state index in [0.29, 0.717) is 27.8 Å². The quantitative estimate of drug-likeness (QED) is 0.475. The smallest absolute Gasteiger partial charge is 0.278 e. The Morgan fingerprint density at radius 2 is 1.86 bits per heavy atom. The summed E-state index contributed by atoms with van der Waals surface area (Å²) in [6.45, 7) is 4.34. The van der Waals surface area contributed by atoms with Gasteiger partial charge in [-0.3, -0.25) is 4.79 Å². The maximum absolute atomic E-state index is 12.5. The topological polar surface area (TPSA) is 85.6 Å². The van der Waals surface area contributed by atoms with Gasteiger partial charge < -0.3 is 5.32 Å². The largest absolute Gasteiger partial charge is 0.330 e. The van der Waals surface area contributed by atoms with Gasteiger partial charge in [-0.1, -0.05) is 66.4 Å². The molecule has 28 heavy (non-hydrogen) atoms. The number of nitrogens with one attached hydrogen (secondary N) is 1. The summed E-state index contributed by atoms with van der Waals surface area (Å²) in [6.07, 6.45) is 0. The number of aromatic nitrogens is 5. The number of fused-ring (bicyclic) bond motifs is 1. The third-order valence-electron chi connectivity index (χ3n) is 4.17. The van der Waals surface area contributed by atoms with Crippen LogP contribution in [0.3, 0.4) is 0 Å². The Morgan fingerprint density at radius 3 is 2.64 bits per heavy atom. The van der Waals surface area contributed by atoms with E-state index < -0.39 is 0 Å². The van der Waals surface area contributed by atoms with Crippen LogP contribution in [-0.4, -0.2) is 25.2 Å². The van der Waals surface area contributed by atoms with Gasteiger partial charge in [-0.15, -0.1) is 15.3 Å². The molecule has 2 aromatic heterocycles. The van der Waals surface area contributed by atoms with E-state index in [0.717, 1.165) is 10.0 Å². The molecule has 1 N–H and O–H groups in total. The van der Waals surface area contributed by atoms with E-state index in [1.54, 1.807) is 12.1 Å². The Kier molecular flexibility index (Phi) is 5.36. The third kappa shape index (κ3) is 4.05. The summed E-state index contributed by atoms with van der Waals surface area (Å²) in [6, 6.07) is 15.5. The molecule has 4 rings (SSSR count). The summed E-state index contributed by atoms with van der Waals surface area (Å²) in [5.74, 6) is 0.828. The Balaban J connectivity index is 1.42. The first-order valence-electron chi connectivity index (χ1n) is 8.76. The van der Waals surface area contributed by atoms with Crippen LogP contribution in [0.2, 0.25) is 0 Å². The van der Waals surface area contributed by atoms with E-state index in [4.69, 9.17) is 0 Å². The molecular formula is C19H18N6OS2. The van der Waals surface area contributed by atoms with Crippen LogP contribution in [0.25, 0.3) is 10.9 Å². The average Bonchev–Trinajstić information content (AvgIpc) is 3.15. The maximum atomic E-state index is 12.5. The second kappa shape index (κ2) is 8.07. The summed E-state index contributed by atoms with van der Waals surface area (Å²) in [5, 5.41) is 20.9. The molecule has 9 heteroatoms. The molecule has 4 aromatic rings. The number of thioether (sulfide) groups is 1. The van der Waals surface area contributed by atoms with E-state index in [2.05, 4.69) is 51.8 Å². The summed E-state index contributed by atoms with van der Waals surface area (Å²) >= 11 is 2.83. The highest BCUT2D eigenvalue weighted by Crippen LogP contribution is 2.28. The van der Waals surface area contributed by atoms with Crippen LogP contribution in [0.4, 0.5) is 10.8 Å². The zero-order valence-electron chi connectivity index (χ0n) is 15.4. The van der Waals surface area contributed by atoms with Crippen LogP contribution in [0.1, 0.15) is 25.3 Å². The van der Waals surface area contributed by atoms with Crippen LogP contribution >= 0.6 is 23.1 Å². The highest BCUT2D eigenvalue weighted by molar-refractivity contribution is 8.00. The minimum atomic E-state index is -0.161. The zero-order valence-corrected chi connectivity index (χ0v) is 17.0. The van der Waals surface area contributed by atoms with Crippen molar-refractivity contribution in [3.63, 3.8) is 0 Å².